The monoisotopic (exact) mass is 446 g/mol. The summed E-state index contributed by atoms with van der Waals surface area (Å²) in [6.45, 7) is 5.86. The first-order valence-electron chi connectivity index (χ1n) is 11.5. The van der Waals surface area contributed by atoms with Gasteiger partial charge in [-0.05, 0) is 57.3 Å². The number of likely N-dealkylation sites (tertiary alicyclic amines) is 1. The third-order valence-corrected chi connectivity index (χ3v) is 6.67. The maximum absolute atomic E-state index is 6.05. The number of rotatable bonds is 6. The summed E-state index contributed by atoms with van der Waals surface area (Å²) < 4.78 is 7.04. The van der Waals surface area contributed by atoms with Gasteiger partial charge in [0, 0.05) is 36.5 Å². The Balaban J connectivity index is 1.64. The molecule has 4 aromatic rings. The van der Waals surface area contributed by atoms with E-state index in [1.54, 1.807) is 0 Å². The molecule has 1 saturated heterocycles. The molecule has 0 unspecified atom stereocenters. The average molecular weight is 447 g/mol. The lowest BCUT2D eigenvalue weighted by atomic mass is 10.0. The predicted molar refractivity (Wildman–Crippen MR) is 128 cm³/mol. The second-order valence-electron chi connectivity index (χ2n) is 8.82. The number of aromatic nitrogens is 5. The average Bonchev–Trinajstić information content (AvgIpc) is 3.43. The van der Waals surface area contributed by atoms with Crippen molar-refractivity contribution in [2.75, 3.05) is 32.9 Å². The first-order valence-corrected chi connectivity index (χ1v) is 11.5. The fourth-order valence-electron chi connectivity index (χ4n) is 4.80. The molecular weight excluding hydrogens is 416 g/mol. The molecule has 33 heavy (non-hydrogen) atoms. The SMILES string of the molecule is CCn1c(-c2nonc2N)nc2c(-c3ccccc3)ncc(CN(C)C3CCN(C)CC3)c21. The highest BCUT2D eigenvalue weighted by Crippen LogP contribution is 2.34. The summed E-state index contributed by atoms with van der Waals surface area (Å²) in [5.74, 6) is 0.888. The molecule has 5 rings (SSSR count). The Morgan fingerprint density at radius 3 is 2.55 bits per heavy atom. The molecule has 1 aliphatic heterocycles. The van der Waals surface area contributed by atoms with E-state index in [2.05, 4.69) is 57.8 Å². The number of anilines is 1. The van der Waals surface area contributed by atoms with Crippen molar-refractivity contribution in [3.05, 3.63) is 42.1 Å². The fourth-order valence-corrected chi connectivity index (χ4v) is 4.80. The highest BCUT2D eigenvalue weighted by atomic mass is 16.6. The summed E-state index contributed by atoms with van der Waals surface area (Å²) in [5.41, 5.74) is 11.4. The Kier molecular flexibility index (Phi) is 5.82. The number of pyridine rings is 1. The molecule has 0 radical (unpaired) electrons. The largest absolute Gasteiger partial charge is 0.379 e. The van der Waals surface area contributed by atoms with Crippen molar-refractivity contribution in [2.45, 2.75) is 38.9 Å². The van der Waals surface area contributed by atoms with Gasteiger partial charge in [0.15, 0.2) is 17.3 Å². The van der Waals surface area contributed by atoms with Gasteiger partial charge in [-0.15, -0.1) is 0 Å². The van der Waals surface area contributed by atoms with Crippen molar-refractivity contribution in [3.63, 3.8) is 0 Å². The first kappa shape index (κ1) is 21.5. The maximum Gasteiger partial charge on any atom is 0.199 e. The molecule has 0 atom stereocenters. The fraction of sp³-hybridized carbons (Fsp3) is 0.417. The van der Waals surface area contributed by atoms with Crippen LogP contribution in [-0.2, 0) is 13.1 Å². The molecule has 1 fully saturated rings. The van der Waals surface area contributed by atoms with E-state index in [0.717, 1.165) is 47.5 Å². The molecule has 0 amide bonds. The molecule has 3 aromatic heterocycles. The van der Waals surface area contributed by atoms with Gasteiger partial charge in [-0.25, -0.2) is 9.61 Å². The van der Waals surface area contributed by atoms with Crippen molar-refractivity contribution in [1.82, 2.24) is 34.6 Å². The number of fused-ring (bicyclic) bond motifs is 1. The summed E-state index contributed by atoms with van der Waals surface area (Å²) in [4.78, 5) is 14.7. The van der Waals surface area contributed by atoms with Crippen LogP contribution >= 0.6 is 0 Å². The standard InChI is InChI=1S/C24H30N8O/c1-4-32-22-17(15-31(3)18-10-12-30(2)13-11-18)14-26-19(16-8-6-5-7-9-16)20(22)27-24(32)21-23(25)29-33-28-21/h5-9,14,18H,4,10-13,15H2,1-3H3,(H2,25,29). The van der Waals surface area contributed by atoms with Gasteiger partial charge in [-0.2, -0.15) is 0 Å². The number of benzene rings is 1. The second kappa shape index (κ2) is 8.92. The Hall–Kier alpha value is -3.30. The van der Waals surface area contributed by atoms with Crippen LogP contribution in [0.15, 0.2) is 41.2 Å². The van der Waals surface area contributed by atoms with Crippen LogP contribution < -0.4 is 5.73 Å². The van der Waals surface area contributed by atoms with Gasteiger partial charge in [-0.1, -0.05) is 30.3 Å². The molecule has 0 spiro atoms. The molecule has 172 valence electrons. The van der Waals surface area contributed by atoms with Crippen LogP contribution in [0.5, 0.6) is 0 Å². The van der Waals surface area contributed by atoms with Gasteiger partial charge >= 0.3 is 0 Å². The van der Waals surface area contributed by atoms with E-state index in [1.165, 1.54) is 12.8 Å². The summed E-state index contributed by atoms with van der Waals surface area (Å²) >= 11 is 0. The van der Waals surface area contributed by atoms with Gasteiger partial charge in [0.2, 0.25) is 0 Å². The highest BCUT2D eigenvalue weighted by Gasteiger charge is 2.25. The number of hydrogen-bond donors (Lipinski definition) is 1. The van der Waals surface area contributed by atoms with Crippen molar-refractivity contribution >= 4 is 16.9 Å². The maximum atomic E-state index is 6.05. The molecular formula is C24H30N8O. The highest BCUT2D eigenvalue weighted by molar-refractivity contribution is 5.94. The minimum absolute atomic E-state index is 0.235. The molecule has 0 aliphatic carbocycles. The van der Waals surface area contributed by atoms with Crippen LogP contribution in [0.4, 0.5) is 5.82 Å². The second-order valence-corrected chi connectivity index (χ2v) is 8.82. The lowest BCUT2D eigenvalue weighted by molar-refractivity contribution is 0.139. The van der Waals surface area contributed by atoms with Crippen molar-refractivity contribution < 1.29 is 4.63 Å². The van der Waals surface area contributed by atoms with E-state index in [1.807, 2.05) is 24.4 Å². The van der Waals surface area contributed by atoms with E-state index in [0.29, 0.717) is 24.1 Å². The lowest BCUT2D eigenvalue weighted by Crippen LogP contribution is -2.41. The number of nitrogens with two attached hydrogens (primary N) is 1. The van der Waals surface area contributed by atoms with Crippen LogP contribution in [0.3, 0.4) is 0 Å². The van der Waals surface area contributed by atoms with Gasteiger partial charge in [-0.3, -0.25) is 9.88 Å². The topological polar surface area (TPSA) is 102 Å². The van der Waals surface area contributed by atoms with Crippen LogP contribution in [0.25, 0.3) is 33.8 Å². The lowest BCUT2D eigenvalue weighted by Gasteiger charge is -2.35. The van der Waals surface area contributed by atoms with Crippen LogP contribution in [0.1, 0.15) is 25.3 Å². The van der Waals surface area contributed by atoms with Crippen molar-refractivity contribution in [3.8, 4) is 22.8 Å². The molecule has 1 aromatic carbocycles. The Bertz CT molecular complexity index is 1240. The van der Waals surface area contributed by atoms with Crippen LogP contribution in [0.2, 0.25) is 0 Å². The van der Waals surface area contributed by atoms with E-state index < -0.39 is 0 Å². The quantitative estimate of drug-likeness (QED) is 0.481. The van der Waals surface area contributed by atoms with E-state index in [-0.39, 0.29) is 5.82 Å². The number of hydrogen-bond acceptors (Lipinski definition) is 8. The van der Waals surface area contributed by atoms with Crippen LogP contribution in [-0.4, -0.2) is 67.9 Å². The number of imidazole rings is 1. The molecule has 4 heterocycles. The third-order valence-electron chi connectivity index (χ3n) is 6.67. The summed E-state index contributed by atoms with van der Waals surface area (Å²) in [5, 5.41) is 7.80. The number of nitrogen functional groups attached to an aromatic ring is 1. The molecule has 1 aliphatic rings. The Morgan fingerprint density at radius 2 is 1.88 bits per heavy atom. The molecule has 0 saturated carbocycles. The first-order chi connectivity index (χ1) is 16.1. The zero-order chi connectivity index (χ0) is 22.9. The number of nitrogens with zero attached hydrogens (tertiary/aromatic N) is 7. The minimum Gasteiger partial charge on any atom is -0.379 e. The van der Waals surface area contributed by atoms with Gasteiger partial charge in [0.1, 0.15) is 5.52 Å². The van der Waals surface area contributed by atoms with Gasteiger partial charge in [0.05, 0.1) is 11.2 Å². The predicted octanol–water partition coefficient (Wildman–Crippen LogP) is 3.28. The molecule has 0 bridgehead atoms. The summed E-state index contributed by atoms with van der Waals surface area (Å²) in [6.07, 6.45) is 4.34. The van der Waals surface area contributed by atoms with Gasteiger partial charge < -0.3 is 15.2 Å². The van der Waals surface area contributed by atoms with E-state index in [4.69, 9.17) is 20.3 Å². The normalized spacial score (nSPS) is 15.6. The summed E-state index contributed by atoms with van der Waals surface area (Å²) in [6, 6.07) is 10.7. The van der Waals surface area contributed by atoms with Crippen molar-refractivity contribution in [2.24, 2.45) is 0 Å². The number of piperidine rings is 1. The summed E-state index contributed by atoms with van der Waals surface area (Å²) in [7, 11) is 4.40. The molecule has 9 nitrogen and oxygen atoms in total. The van der Waals surface area contributed by atoms with E-state index >= 15 is 0 Å². The smallest absolute Gasteiger partial charge is 0.199 e. The third kappa shape index (κ3) is 3.98. The zero-order valence-electron chi connectivity index (χ0n) is 19.4. The van der Waals surface area contributed by atoms with Gasteiger partial charge in [0.25, 0.3) is 0 Å². The zero-order valence-corrected chi connectivity index (χ0v) is 19.4. The van der Waals surface area contributed by atoms with Crippen LogP contribution in [0, 0.1) is 0 Å². The van der Waals surface area contributed by atoms with E-state index in [9.17, 15) is 0 Å². The molecule has 9 heteroatoms. The Labute approximate surface area is 193 Å². The Morgan fingerprint density at radius 1 is 1.12 bits per heavy atom. The van der Waals surface area contributed by atoms with Crippen molar-refractivity contribution in [1.29, 1.82) is 0 Å². The molecule has 2 N–H and O–H groups in total. The minimum atomic E-state index is 0.235. The number of aryl methyl sites for hydroxylation is 1.